The van der Waals surface area contributed by atoms with Crippen LogP contribution in [-0.4, -0.2) is 64.2 Å². The van der Waals surface area contributed by atoms with Crippen LogP contribution in [0.2, 0.25) is 0 Å². The van der Waals surface area contributed by atoms with Gasteiger partial charge >= 0.3 is 0 Å². The molecule has 28 heavy (non-hydrogen) atoms. The van der Waals surface area contributed by atoms with Gasteiger partial charge in [-0.3, -0.25) is 4.79 Å². The van der Waals surface area contributed by atoms with Crippen LogP contribution in [0.15, 0.2) is 54.6 Å². The normalized spacial score (nSPS) is 14.8. The lowest BCUT2D eigenvalue weighted by Gasteiger charge is -2.35. The molecule has 3 aromatic rings. The predicted molar refractivity (Wildman–Crippen MR) is 108 cm³/mol. The standard InChI is InChI=1S/C20H23N7O/c1-25-11-13-26(14-12-25)18-10-6-5-9-17(18)21-19(28)15-27-23-20(22-24-27)16-7-3-2-4-8-16/h2-10H,11-15H2,1H3,(H,21,28). The molecule has 0 saturated carbocycles. The number of benzene rings is 2. The van der Waals surface area contributed by atoms with Crippen molar-refractivity contribution in [3.63, 3.8) is 0 Å². The number of nitrogens with one attached hydrogen (secondary N) is 1. The van der Waals surface area contributed by atoms with Gasteiger partial charge in [-0.2, -0.15) is 4.80 Å². The molecule has 0 spiro atoms. The molecule has 1 fully saturated rings. The van der Waals surface area contributed by atoms with E-state index in [1.54, 1.807) is 0 Å². The fourth-order valence-corrected chi connectivity index (χ4v) is 3.23. The Hall–Kier alpha value is -3.26. The smallest absolute Gasteiger partial charge is 0.248 e. The molecular weight excluding hydrogens is 354 g/mol. The second-order valence-electron chi connectivity index (χ2n) is 6.87. The van der Waals surface area contributed by atoms with Crippen molar-refractivity contribution in [3.05, 3.63) is 54.6 Å². The van der Waals surface area contributed by atoms with Crippen LogP contribution < -0.4 is 10.2 Å². The van der Waals surface area contributed by atoms with E-state index in [4.69, 9.17) is 0 Å². The van der Waals surface area contributed by atoms with Gasteiger partial charge in [0.15, 0.2) is 0 Å². The average molecular weight is 377 g/mol. The number of para-hydroxylation sites is 2. The second kappa shape index (κ2) is 8.18. The molecule has 0 aliphatic carbocycles. The first-order valence-electron chi connectivity index (χ1n) is 9.34. The van der Waals surface area contributed by atoms with E-state index < -0.39 is 0 Å². The number of carbonyl (C=O) groups is 1. The first kappa shape index (κ1) is 18.1. The van der Waals surface area contributed by atoms with Crippen LogP contribution in [0.1, 0.15) is 0 Å². The van der Waals surface area contributed by atoms with E-state index in [1.165, 1.54) is 4.80 Å². The molecule has 0 unspecified atom stereocenters. The van der Waals surface area contributed by atoms with Crippen LogP contribution in [0.3, 0.4) is 0 Å². The Balaban J connectivity index is 1.43. The number of nitrogens with zero attached hydrogens (tertiary/aromatic N) is 6. The fraction of sp³-hybridized carbons (Fsp3) is 0.300. The molecule has 2 heterocycles. The van der Waals surface area contributed by atoms with Gasteiger partial charge in [0.05, 0.1) is 11.4 Å². The molecule has 0 radical (unpaired) electrons. The van der Waals surface area contributed by atoms with Gasteiger partial charge in [-0.1, -0.05) is 42.5 Å². The van der Waals surface area contributed by atoms with Crippen molar-refractivity contribution in [1.82, 2.24) is 25.1 Å². The molecule has 1 aliphatic rings. The number of piperazine rings is 1. The van der Waals surface area contributed by atoms with Crippen LogP contribution >= 0.6 is 0 Å². The largest absolute Gasteiger partial charge is 0.367 e. The quantitative estimate of drug-likeness (QED) is 0.730. The lowest BCUT2D eigenvalue weighted by molar-refractivity contribution is -0.117. The van der Waals surface area contributed by atoms with Gasteiger partial charge in [0.1, 0.15) is 6.54 Å². The van der Waals surface area contributed by atoms with Gasteiger partial charge in [-0.15, -0.1) is 10.2 Å². The lowest BCUT2D eigenvalue weighted by Crippen LogP contribution is -2.44. The molecule has 1 amide bonds. The summed E-state index contributed by atoms with van der Waals surface area (Å²) < 4.78 is 0. The Labute approximate surface area is 163 Å². The summed E-state index contributed by atoms with van der Waals surface area (Å²) in [6, 6.07) is 17.5. The maximum absolute atomic E-state index is 12.5. The number of hydrogen-bond acceptors (Lipinski definition) is 6. The summed E-state index contributed by atoms with van der Waals surface area (Å²) in [7, 11) is 2.12. The van der Waals surface area contributed by atoms with Crippen molar-refractivity contribution in [2.75, 3.05) is 43.4 Å². The summed E-state index contributed by atoms with van der Waals surface area (Å²) in [5, 5.41) is 15.3. The minimum Gasteiger partial charge on any atom is -0.367 e. The minimum atomic E-state index is -0.182. The van der Waals surface area contributed by atoms with E-state index in [2.05, 4.69) is 37.6 Å². The van der Waals surface area contributed by atoms with Crippen molar-refractivity contribution in [2.45, 2.75) is 6.54 Å². The second-order valence-corrected chi connectivity index (χ2v) is 6.87. The van der Waals surface area contributed by atoms with Crippen molar-refractivity contribution < 1.29 is 4.79 Å². The number of amides is 1. The Morgan fingerprint density at radius 3 is 2.50 bits per heavy atom. The third-order valence-electron chi connectivity index (χ3n) is 4.79. The number of rotatable bonds is 5. The van der Waals surface area contributed by atoms with Crippen molar-refractivity contribution in [1.29, 1.82) is 0 Å². The summed E-state index contributed by atoms with van der Waals surface area (Å²) in [4.78, 5) is 18.5. The fourth-order valence-electron chi connectivity index (χ4n) is 3.23. The van der Waals surface area contributed by atoms with Gasteiger partial charge in [-0.25, -0.2) is 0 Å². The molecule has 1 aromatic heterocycles. The van der Waals surface area contributed by atoms with Gasteiger partial charge in [0, 0.05) is 31.7 Å². The van der Waals surface area contributed by atoms with Crippen LogP contribution in [0.25, 0.3) is 11.4 Å². The molecule has 4 rings (SSSR count). The topological polar surface area (TPSA) is 79.2 Å². The highest BCUT2D eigenvalue weighted by molar-refractivity contribution is 5.94. The summed E-state index contributed by atoms with van der Waals surface area (Å²) in [6.45, 7) is 3.90. The number of carbonyl (C=O) groups excluding carboxylic acids is 1. The van der Waals surface area contributed by atoms with Crippen molar-refractivity contribution in [2.24, 2.45) is 0 Å². The van der Waals surface area contributed by atoms with Crippen molar-refractivity contribution in [3.8, 4) is 11.4 Å². The summed E-state index contributed by atoms with van der Waals surface area (Å²) >= 11 is 0. The van der Waals surface area contributed by atoms with E-state index in [0.717, 1.165) is 43.1 Å². The molecule has 8 nitrogen and oxygen atoms in total. The summed E-state index contributed by atoms with van der Waals surface area (Å²) in [6.07, 6.45) is 0. The number of likely N-dealkylation sites (N-methyl/N-ethyl adjacent to an activating group) is 1. The van der Waals surface area contributed by atoms with E-state index >= 15 is 0 Å². The highest BCUT2D eigenvalue weighted by Crippen LogP contribution is 2.26. The van der Waals surface area contributed by atoms with E-state index in [1.807, 2.05) is 54.6 Å². The minimum absolute atomic E-state index is 0.0108. The number of tetrazole rings is 1. The first-order chi connectivity index (χ1) is 13.7. The van der Waals surface area contributed by atoms with Gasteiger partial charge < -0.3 is 15.1 Å². The van der Waals surface area contributed by atoms with E-state index in [-0.39, 0.29) is 12.5 Å². The highest BCUT2D eigenvalue weighted by Gasteiger charge is 2.18. The third-order valence-corrected chi connectivity index (χ3v) is 4.79. The zero-order valence-corrected chi connectivity index (χ0v) is 15.8. The maximum atomic E-state index is 12.5. The van der Waals surface area contributed by atoms with Gasteiger partial charge in [0.2, 0.25) is 11.7 Å². The van der Waals surface area contributed by atoms with Crippen LogP contribution in [0.4, 0.5) is 11.4 Å². The SMILES string of the molecule is CN1CCN(c2ccccc2NC(=O)Cn2nnc(-c3ccccc3)n2)CC1. The summed E-state index contributed by atoms with van der Waals surface area (Å²) in [5.74, 6) is 0.324. The number of aromatic nitrogens is 4. The Bertz CT molecular complexity index is 932. The zero-order valence-electron chi connectivity index (χ0n) is 15.8. The predicted octanol–water partition coefficient (Wildman–Crippen LogP) is 1.73. The molecule has 0 atom stereocenters. The van der Waals surface area contributed by atoms with Crippen LogP contribution in [0.5, 0.6) is 0 Å². The van der Waals surface area contributed by atoms with E-state index in [9.17, 15) is 4.79 Å². The van der Waals surface area contributed by atoms with Crippen molar-refractivity contribution >= 4 is 17.3 Å². The molecule has 1 aliphatic heterocycles. The van der Waals surface area contributed by atoms with Crippen LogP contribution in [0, 0.1) is 0 Å². The summed E-state index contributed by atoms with van der Waals surface area (Å²) in [5.41, 5.74) is 2.72. The van der Waals surface area contributed by atoms with Gasteiger partial charge in [-0.05, 0) is 24.4 Å². The molecule has 2 aromatic carbocycles. The number of hydrogen-bond donors (Lipinski definition) is 1. The highest BCUT2D eigenvalue weighted by atomic mass is 16.2. The van der Waals surface area contributed by atoms with Gasteiger partial charge in [0.25, 0.3) is 0 Å². The third kappa shape index (κ3) is 4.17. The molecule has 0 bridgehead atoms. The molecule has 8 heteroatoms. The maximum Gasteiger partial charge on any atom is 0.248 e. The van der Waals surface area contributed by atoms with E-state index in [0.29, 0.717) is 5.82 Å². The average Bonchev–Trinajstić information content (AvgIpc) is 3.18. The Morgan fingerprint density at radius 2 is 1.71 bits per heavy atom. The Kier molecular flexibility index (Phi) is 5.29. The molecule has 1 saturated heterocycles. The molecule has 1 N–H and O–H groups in total. The molecular formula is C20H23N7O. The zero-order chi connectivity index (χ0) is 19.3. The lowest BCUT2D eigenvalue weighted by atomic mass is 10.2. The molecule has 144 valence electrons. The number of anilines is 2. The van der Waals surface area contributed by atoms with Crippen LogP contribution in [-0.2, 0) is 11.3 Å². The first-order valence-corrected chi connectivity index (χ1v) is 9.34. The Morgan fingerprint density at radius 1 is 1.00 bits per heavy atom. The monoisotopic (exact) mass is 377 g/mol.